The Kier molecular flexibility index (Phi) is 7.48. The molecule has 174 valence electrons. The smallest absolute Gasteiger partial charge is 0.401 e. The molecule has 32 heavy (non-hydrogen) atoms. The average Bonchev–Trinajstić information content (AvgIpc) is 2.71. The molecule has 0 aliphatic carbocycles. The predicted molar refractivity (Wildman–Crippen MR) is 98.4 cm³/mol. The zero-order valence-electron chi connectivity index (χ0n) is 16.6. The quantitative estimate of drug-likeness (QED) is 0.455. The van der Waals surface area contributed by atoms with Gasteiger partial charge in [0, 0.05) is 39.3 Å². The van der Waals surface area contributed by atoms with Crippen molar-refractivity contribution in [1.29, 1.82) is 0 Å². The maximum atomic E-state index is 12.2. The Morgan fingerprint density at radius 1 is 0.750 bits per heavy atom. The standard InChI is InChI=1S/C18H16F6N4O4/c1-27(11-3-5-13(25-9-11)31-15(29)17(19,20)21)7-8-28(2)12-4-6-14(26-10-12)32-16(30)18(22,23)24/h3-6,9-10H,7-8H2,1-2H3. The van der Waals surface area contributed by atoms with E-state index in [2.05, 4.69) is 19.4 Å². The van der Waals surface area contributed by atoms with Crippen LogP contribution in [0, 0.1) is 0 Å². The summed E-state index contributed by atoms with van der Waals surface area (Å²) in [6.07, 6.45) is -7.81. The molecule has 0 bridgehead atoms. The number of pyridine rings is 2. The highest BCUT2D eigenvalue weighted by Crippen LogP contribution is 2.22. The number of esters is 2. The Hall–Kier alpha value is -3.58. The van der Waals surface area contributed by atoms with Crippen LogP contribution in [0.3, 0.4) is 0 Å². The van der Waals surface area contributed by atoms with Crippen molar-refractivity contribution in [2.45, 2.75) is 12.4 Å². The normalized spacial score (nSPS) is 11.6. The summed E-state index contributed by atoms with van der Waals surface area (Å²) >= 11 is 0. The van der Waals surface area contributed by atoms with Crippen LogP contribution in [0.15, 0.2) is 36.7 Å². The number of rotatable bonds is 7. The summed E-state index contributed by atoms with van der Waals surface area (Å²) in [6, 6.07) is 5.06. The van der Waals surface area contributed by atoms with Crippen molar-refractivity contribution in [3.8, 4) is 11.8 Å². The van der Waals surface area contributed by atoms with Gasteiger partial charge in [-0.3, -0.25) is 0 Å². The molecule has 2 heterocycles. The number of aromatic nitrogens is 2. The largest absolute Gasteiger partial charge is 0.491 e. The van der Waals surface area contributed by atoms with Crippen molar-refractivity contribution < 1.29 is 45.4 Å². The fourth-order valence-electron chi connectivity index (χ4n) is 2.18. The summed E-state index contributed by atoms with van der Waals surface area (Å²) < 4.78 is 81.4. The van der Waals surface area contributed by atoms with Crippen molar-refractivity contribution in [3.05, 3.63) is 36.7 Å². The Bertz CT molecular complexity index is 855. The molecule has 2 aromatic rings. The number of ether oxygens (including phenoxy) is 2. The first-order chi connectivity index (χ1) is 14.8. The van der Waals surface area contributed by atoms with Gasteiger partial charge in [0.2, 0.25) is 11.8 Å². The monoisotopic (exact) mass is 466 g/mol. The first-order valence-electron chi connectivity index (χ1n) is 8.70. The van der Waals surface area contributed by atoms with Crippen molar-refractivity contribution in [1.82, 2.24) is 9.97 Å². The van der Waals surface area contributed by atoms with Crippen LogP contribution in [0.4, 0.5) is 37.7 Å². The van der Waals surface area contributed by atoms with Gasteiger partial charge in [0.15, 0.2) is 0 Å². The Morgan fingerprint density at radius 2 is 1.09 bits per heavy atom. The lowest BCUT2D eigenvalue weighted by Gasteiger charge is -2.24. The fourth-order valence-corrected chi connectivity index (χ4v) is 2.18. The van der Waals surface area contributed by atoms with Crippen LogP contribution in [-0.4, -0.2) is 61.4 Å². The van der Waals surface area contributed by atoms with Crippen LogP contribution < -0.4 is 19.3 Å². The highest BCUT2D eigenvalue weighted by molar-refractivity contribution is 5.78. The predicted octanol–water partition coefficient (Wildman–Crippen LogP) is 2.98. The summed E-state index contributed by atoms with van der Waals surface area (Å²) in [5.41, 5.74) is 1.05. The molecule has 0 radical (unpaired) electrons. The zero-order chi connectivity index (χ0) is 24.1. The molecule has 0 amide bonds. The molecule has 2 aromatic heterocycles. The number of nitrogens with zero attached hydrogens (tertiary/aromatic N) is 4. The topological polar surface area (TPSA) is 84.9 Å². The summed E-state index contributed by atoms with van der Waals surface area (Å²) in [5, 5.41) is 0. The first kappa shape index (κ1) is 24.7. The van der Waals surface area contributed by atoms with E-state index in [-0.39, 0.29) is 0 Å². The molecule has 0 saturated carbocycles. The molecule has 2 rings (SSSR count). The Labute approximate surface area is 177 Å². The van der Waals surface area contributed by atoms with Crippen molar-refractivity contribution >= 4 is 23.3 Å². The Morgan fingerprint density at radius 3 is 1.34 bits per heavy atom. The maximum absolute atomic E-state index is 12.2. The number of anilines is 2. The van der Waals surface area contributed by atoms with Crippen molar-refractivity contribution in [3.63, 3.8) is 0 Å². The lowest BCUT2D eigenvalue weighted by Crippen LogP contribution is -2.31. The molecule has 0 fully saturated rings. The summed E-state index contributed by atoms with van der Waals surface area (Å²) in [6.45, 7) is 0.815. The number of alkyl halides is 6. The molecular weight excluding hydrogens is 450 g/mol. The van der Waals surface area contributed by atoms with Gasteiger partial charge in [-0.25, -0.2) is 19.6 Å². The second-order valence-electron chi connectivity index (χ2n) is 6.33. The van der Waals surface area contributed by atoms with Gasteiger partial charge < -0.3 is 19.3 Å². The van der Waals surface area contributed by atoms with Gasteiger partial charge in [0.25, 0.3) is 0 Å². The fraction of sp³-hybridized carbons (Fsp3) is 0.333. The van der Waals surface area contributed by atoms with Gasteiger partial charge >= 0.3 is 24.3 Å². The second-order valence-corrected chi connectivity index (χ2v) is 6.33. The van der Waals surface area contributed by atoms with E-state index in [0.29, 0.717) is 24.5 Å². The van der Waals surface area contributed by atoms with Crippen molar-refractivity contribution in [2.75, 3.05) is 37.0 Å². The molecule has 0 aliphatic heterocycles. The van der Waals surface area contributed by atoms with E-state index in [1.807, 2.05) is 0 Å². The summed E-state index contributed by atoms with van der Waals surface area (Å²) in [4.78, 5) is 32.3. The summed E-state index contributed by atoms with van der Waals surface area (Å²) in [5.74, 6) is -5.75. The van der Waals surface area contributed by atoms with E-state index in [4.69, 9.17) is 0 Å². The van der Waals surface area contributed by atoms with Gasteiger partial charge in [-0.15, -0.1) is 0 Å². The highest BCUT2D eigenvalue weighted by Gasteiger charge is 2.42. The van der Waals surface area contributed by atoms with E-state index in [9.17, 15) is 35.9 Å². The third-order valence-electron chi connectivity index (χ3n) is 3.95. The average molecular weight is 466 g/mol. The van der Waals surface area contributed by atoms with Crippen molar-refractivity contribution in [2.24, 2.45) is 0 Å². The number of carbonyl (C=O) groups excluding carboxylic acids is 2. The molecule has 0 N–H and O–H groups in total. The van der Waals surface area contributed by atoms with E-state index >= 15 is 0 Å². The lowest BCUT2D eigenvalue weighted by molar-refractivity contribution is -0.190. The molecule has 0 aromatic carbocycles. The minimum Gasteiger partial charge on any atom is -0.401 e. The van der Waals surface area contributed by atoms with Gasteiger partial charge in [-0.2, -0.15) is 26.3 Å². The second kappa shape index (κ2) is 9.70. The number of likely N-dealkylation sites (N-methyl/N-ethyl adjacent to an activating group) is 2. The molecular formula is C18H16F6N4O4. The van der Waals surface area contributed by atoms with Gasteiger partial charge in [-0.1, -0.05) is 0 Å². The third kappa shape index (κ3) is 6.99. The van der Waals surface area contributed by atoms with Crippen LogP contribution in [0.1, 0.15) is 0 Å². The van der Waals surface area contributed by atoms with E-state index in [1.165, 1.54) is 24.5 Å². The molecule has 0 saturated heterocycles. The van der Waals surface area contributed by atoms with Crippen LogP contribution in [0.25, 0.3) is 0 Å². The summed E-state index contributed by atoms with van der Waals surface area (Å²) in [7, 11) is 3.37. The number of hydrogen-bond donors (Lipinski definition) is 0. The lowest BCUT2D eigenvalue weighted by atomic mass is 10.3. The Balaban J connectivity index is 1.89. The molecule has 0 atom stereocenters. The van der Waals surface area contributed by atoms with Crippen LogP contribution in [0.2, 0.25) is 0 Å². The van der Waals surface area contributed by atoms with Gasteiger partial charge in [0.05, 0.1) is 23.8 Å². The highest BCUT2D eigenvalue weighted by atomic mass is 19.4. The molecule has 0 aliphatic rings. The number of halogens is 6. The molecule has 8 nitrogen and oxygen atoms in total. The molecule has 0 unspecified atom stereocenters. The molecule has 14 heteroatoms. The molecule has 0 spiro atoms. The van der Waals surface area contributed by atoms with E-state index < -0.39 is 36.1 Å². The van der Waals surface area contributed by atoms with Crippen LogP contribution in [-0.2, 0) is 9.59 Å². The number of hydrogen-bond acceptors (Lipinski definition) is 8. The van der Waals surface area contributed by atoms with Gasteiger partial charge in [0.1, 0.15) is 0 Å². The van der Waals surface area contributed by atoms with Crippen LogP contribution in [0.5, 0.6) is 11.8 Å². The minimum absolute atomic E-state index is 0.407. The number of carbonyl (C=O) groups is 2. The first-order valence-corrected chi connectivity index (χ1v) is 8.70. The minimum atomic E-state index is -5.13. The van der Waals surface area contributed by atoms with Gasteiger partial charge in [-0.05, 0) is 12.1 Å². The zero-order valence-corrected chi connectivity index (χ0v) is 16.6. The SMILES string of the molecule is CN(CCN(C)c1ccc(OC(=O)C(F)(F)F)nc1)c1ccc(OC(=O)C(F)(F)F)nc1. The van der Waals surface area contributed by atoms with E-state index in [0.717, 1.165) is 12.1 Å². The maximum Gasteiger partial charge on any atom is 0.491 e. The van der Waals surface area contributed by atoms with Crippen LogP contribution >= 0.6 is 0 Å². The van der Waals surface area contributed by atoms with E-state index in [1.54, 1.807) is 23.9 Å². The third-order valence-corrected chi connectivity index (χ3v) is 3.95.